The second-order valence-corrected chi connectivity index (χ2v) is 9.91. The van der Waals surface area contributed by atoms with Gasteiger partial charge in [-0.2, -0.15) is 0 Å². The van der Waals surface area contributed by atoms with Gasteiger partial charge >= 0.3 is 0 Å². The van der Waals surface area contributed by atoms with Crippen molar-refractivity contribution in [2.24, 2.45) is 4.99 Å². The highest BCUT2D eigenvalue weighted by atomic mass is 127. The molecule has 1 aromatic heterocycles. The molecular formula is C16H20BrFIN3O2S2. The number of aliphatic imine (C=N–C) groups is 1. The highest BCUT2D eigenvalue weighted by Gasteiger charge is 2.19. The van der Waals surface area contributed by atoms with Crippen molar-refractivity contribution >= 4 is 67.0 Å². The maximum absolute atomic E-state index is 13.7. The molecule has 0 radical (unpaired) electrons. The van der Waals surface area contributed by atoms with Crippen LogP contribution in [0.5, 0.6) is 0 Å². The Morgan fingerprint density at radius 1 is 1.31 bits per heavy atom. The molecule has 26 heavy (non-hydrogen) atoms. The van der Waals surface area contributed by atoms with Gasteiger partial charge in [0.2, 0.25) is 0 Å². The minimum atomic E-state index is -3.69. The number of nitrogens with zero attached hydrogens (tertiary/aromatic N) is 2. The van der Waals surface area contributed by atoms with Gasteiger partial charge in [0.05, 0.1) is 16.1 Å². The SMILES string of the molecule is CN=C(NCCS(=O)(=O)c1ccccc1F)N(C)Cc1ccc(Br)s1.I. The number of halogens is 3. The predicted molar refractivity (Wildman–Crippen MR) is 119 cm³/mol. The molecule has 0 fully saturated rings. The number of rotatable bonds is 6. The number of benzene rings is 1. The molecule has 2 rings (SSSR count). The van der Waals surface area contributed by atoms with Crippen LogP contribution in [-0.4, -0.2) is 45.7 Å². The summed E-state index contributed by atoms with van der Waals surface area (Å²) in [6.45, 7) is 0.790. The Kier molecular flexibility index (Phi) is 9.48. The standard InChI is InChI=1S/C16H19BrFN3O2S2.HI/c1-19-16(21(2)11-12-7-8-15(17)24-12)20-9-10-25(22,23)14-6-4-3-5-13(14)18;/h3-8H,9-11H2,1-2H3,(H,19,20);1H. The fraction of sp³-hybridized carbons (Fsp3) is 0.312. The van der Waals surface area contributed by atoms with Gasteiger partial charge in [0.25, 0.3) is 0 Å². The van der Waals surface area contributed by atoms with E-state index in [9.17, 15) is 12.8 Å². The van der Waals surface area contributed by atoms with Crippen LogP contribution in [-0.2, 0) is 16.4 Å². The summed E-state index contributed by atoms with van der Waals surface area (Å²) in [5.74, 6) is -0.369. The van der Waals surface area contributed by atoms with Crippen molar-refractivity contribution in [1.29, 1.82) is 0 Å². The van der Waals surface area contributed by atoms with Crippen LogP contribution in [0.3, 0.4) is 0 Å². The van der Waals surface area contributed by atoms with Gasteiger partial charge in [-0.3, -0.25) is 4.99 Å². The molecule has 10 heteroatoms. The number of hydrogen-bond donors (Lipinski definition) is 1. The molecule has 5 nitrogen and oxygen atoms in total. The van der Waals surface area contributed by atoms with E-state index in [1.165, 1.54) is 18.2 Å². The van der Waals surface area contributed by atoms with E-state index in [4.69, 9.17) is 0 Å². The molecule has 0 unspecified atom stereocenters. The predicted octanol–water partition coefficient (Wildman–Crippen LogP) is 3.75. The first kappa shape index (κ1) is 23.3. The first-order chi connectivity index (χ1) is 11.8. The van der Waals surface area contributed by atoms with Crippen molar-refractivity contribution in [2.45, 2.75) is 11.4 Å². The molecule has 0 atom stereocenters. The summed E-state index contributed by atoms with van der Waals surface area (Å²) in [5, 5.41) is 3.01. The fourth-order valence-corrected chi connectivity index (χ4v) is 5.01. The lowest BCUT2D eigenvalue weighted by atomic mass is 10.3. The van der Waals surface area contributed by atoms with Gasteiger partial charge in [0, 0.05) is 25.5 Å². The van der Waals surface area contributed by atoms with Crippen LogP contribution in [0.25, 0.3) is 0 Å². The Hall–Kier alpha value is -0.720. The van der Waals surface area contributed by atoms with E-state index in [0.717, 1.165) is 14.7 Å². The Morgan fingerprint density at radius 3 is 2.58 bits per heavy atom. The summed E-state index contributed by atoms with van der Waals surface area (Å²) in [6.07, 6.45) is 0. The quantitative estimate of drug-likeness (QED) is 0.324. The van der Waals surface area contributed by atoms with Gasteiger partial charge in [-0.15, -0.1) is 35.3 Å². The summed E-state index contributed by atoms with van der Waals surface area (Å²) in [5.41, 5.74) is 0. The van der Waals surface area contributed by atoms with Crippen molar-refractivity contribution in [3.8, 4) is 0 Å². The van der Waals surface area contributed by atoms with E-state index in [1.807, 2.05) is 24.1 Å². The average Bonchev–Trinajstić information content (AvgIpc) is 2.96. The van der Waals surface area contributed by atoms with E-state index in [0.29, 0.717) is 12.5 Å². The number of guanidine groups is 1. The third-order valence-electron chi connectivity index (χ3n) is 3.42. The third kappa shape index (κ3) is 6.46. The average molecular weight is 576 g/mol. The minimum absolute atomic E-state index is 0. The molecule has 1 aromatic carbocycles. The molecule has 0 aliphatic carbocycles. The lowest BCUT2D eigenvalue weighted by Gasteiger charge is -2.21. The molecule has 0 saturated carbocycles. The molecule has 0 bridgehead atoms. The molecule has 0 amide bonds. The molecule has 2 aromatic rings. The summed E-state index contributed by atoms with van der Waals surface area (Å²) < 4.78 is 39.2. The van der Waals surface area contributed by atoms with Gasteiger partial charge in [-0.25, -0.2) is 12.8 Å². The first-order valence-electron chi connectivity index (χ1n) is 7.47. The highest BCUT2D eigenvalue weighted by Crippen LogP contribution is 2.23. The molecule has 0 spiro atoms. The van der Waals surface area contributed by atoms with E-state index < -0.39 is 15.7 Å². The van der Waals surface area contributed by atoms with Crippen LogP contribution in [0.15, 0.2) is 50.1 Å². The summed E-state index contributed by atoms with van der Waals surface area (Å²) >= 11 is 5.05. The van der Waals surface area contributed by atoms with Gasteiger partial charge < -0.3 is 10.2 Å². The summed E-state index contributed by atoms with van der Waals surface area (Å²) in [7, 11) is -0.188. The van der Waals surface area contributed by atoms with Crippen molar-refractivity contribution in [3.63, 3.8) is 0 Å². The topological polar surface area (TPSA) is 61.8 Å². The van der Waals surface area contributed by atoms with E-state index in [-0.39, 0.29) is 41.2 Å². The molecular weight excluding hydrogens is 556 g/mol. The molecule has 0 aliphatic rings. The Labute approximate surface area is 182 Å². The van der Waals surface area contributed by atoms with Gasteiger partial charge in [0.1, 0.15) is 10.7 Å². The Morgan fingerprint density at radius 2 is 2.00 bits per heavy atom. The zero-order valence-corrected chi connectivity index (χ0v) is 19.8. The van der Waals surface area contributed by atoms with Crippen molar-refractivity contribution in [3.05, 3.63) is 50.9 Å². The van der Waals surface area contributed by atoms with Crippen LogP contribution in [0.4, 0.5) is 4.39 Å². The van der Waals surface area contributed by atoms with E-state index >= 15 is 0 Å². The normalized spacial score (nSPS) is 11.8. The van der Waals surface area contributed by atoms with E-state index in [2.05, 4.69) is 26.2 Å². The van der Waals surface area contributed by atoms with Crippen LogP contribution in [0, 0.1) is 5.82 Å². The molecule has 1 heterocycles. The lowest BCUT2D eigenvalue weighted by Crippen LogP contribution is -2.40. The monoisotopic (exact) mass is 575 g/mol. The molecule has 0 saturated heterocycles. The van der Waals surface area contributed by atoms with Gasteiger partial charge in [-0.1, -0.05) is 12.1 Å². The van der Waals surface area contributed by atoms with Crippen LogP contribution >= 0.6 is 51.2 Å². The second kappa shape index (κ2) is 10.6. The maximum atomic E-state index is 13.7. The number of sulfone groups is 1. The zero-order valence-electron chi connectivity index (χ0n) is 14.3. The summed E-state index contributed by atoms with van der Waals surface area (Å²) in [6, 6.07) is 9.39. The van der Waals surface area contributed by atoms with Crippen LogP contribution in [0.2, 0.25) is 0 Å². The first-order valence-corrected chi connectivity index (χ1v) is 10.7. The minimum Gasteiger partial charge on any atom is -0.355 e. The largest absolute Gasteiger partial charge is 0.355 e. The van der Waals surface area contributed by atoms with Crippen LogP contribution < -0.4 is 5.32 Å². The molecule has 144 valence electrons. The number of hydrogen-bond acceptors (Lipinski definition) is 4. The second-order valence-electron chi connectivity index (χ2n) is 5.29. The maximum Gasteiger partial charge on any atom is 0.193 e. The zero-order chi connectivity index (χ0) is 18.4. The van der Waals surface area contributed by atoms with Crippen molar-refractivity contribution in [2.75, 3.05) is 26.4 Å². The smallest absolute Gasteiger partial charge is 0.193 e. The van der Waals surface area contributed by atoms with Crippen LogP contribution in [0.1, 0.15) is 4.88 Å². The Balaban J connectivity index is 0.00000338. The van der Waals surface area contributed by atoms with Crippen molar-refractivity contribution < 1.29 is 12.8 Å². The summed E-state index contributed by atoms with van der Waals surface area (Å²) in [4.78, 5) is 6.93. The van der Waals surface area contributed by atoms with Gasteiger partial charge in [0.15, 0.2) is 15.8 Å². The van der Waals surface area contributed by atoms with Gasteiger partial charge in [-0.05, 0) is 40.2 Å². The van der Waals surface area contributed by atoms with E-state index in [1.54, 1.807) is 18.4 Å². The number of nitrogens with one attached hydrogen (secondary N) is 1. The number of thiophene rings is 1. The Bertz CT molecular complexity index is 859. The fourth-order valence-electron chi connectivity index (χ4n) is 2.23. The molecule has 1 N–H and O–H groups in total. The highest BCUT2D eigenvalue weighted by molar-refractivity contribution is 14.0. The lowest BCUT2D eigenvalue weighted by molar-refractivity contribution is 0.483. The third-order valence-corrected chi connectivity index (χ3v) is 6.77. The molecule has 0 aliphatic heterocycles. The van der Waals surface area contributed by atoms with Crippen molar-refractivity contribution in [1.82, 2.24) is 10.2 Å².